The molecule has 0 saturated carbocycles. The standard InChI is InChI=1S/C8H7BrN6/c9-7-3-1-6(2-4-7)5-11-15-8(10)12-13-14-15/h1-5H,(H2,10,12,14)/b11-5+. The van der Waals surface area contributed by atoms with Gasteiger partial charge in [0, 0.05) is 4.47 Å². The number of hydrogen-bond acceptors (Lipinski definition) is 5. The number of tetrazole rings is 1. The third-order valence-corrected chi connectivity index (χ3v) is 2.19. The third kappa shape index (κ3) is 2.38. The van der Waals surface area contributed by atoms with Gasteiger partial charge < -0.3 is 5.73 Å². The van der Waals surface area contributed by atoms with Crippen molar-refractivity contribution in [1.82, 2.24) is 20.3 Å². The van der Waals surface area contributed by atoms with Gasteiger partial charge in [0.1, 0.15) is 0 Å². The average molecular weight is 267 g/mol. The summed E-state index contributed by atoms with van der Waals surface area (Å²) in [6.45, 7) is 0. The van der Waals surface area contributed by atoms with E-state index in [1.807, 2.05) is 24.3 Å². The van der Waals surface area contributed by atoms with E-state index in [4.69, 9.17) is 5.73 Å². The second-order valence-electron chi connectivity index (χ2n) is 2.72. The maximum Gasteiger partial charge on any atom is 0.263 e. The van der Waals surface area contributed by atoms with Crippen LogP contribution in [0, 0.1) is 0 Å². The van der Waals surface area contributed by atoms with Crippen LogP contribution < -0.4 is 5.73 Å². The maximum atomic E-state index is 5.43. The van der Waals surface area contributed by atoms with Gasteiger partial charge in [-0.3, -0.25) is 0 Å². The van der Waals surface area contributed by atoms with Crippen molar-refractivity contribution < 1.29 is 0 Å². The molecule has 2 aromatic rings. The summed E-state index contributed by atoms with van der Waals surface area (Å²) in [4.78, 5) is 1.15. The second-order valence-corrected chi connectivity index (χ2v) is 3.64. The maximum absolute atomic E-state index is 5.43. The van der Waals surface area contributed by atoms with Gasteiger partial charge in [0.2, 0.25) is 0 Å². The summed E-state index contributed by atoms with van der Waals surface area (Å²) < 4.78 is 1.02. The highest BCUT2D eigenvalue weighted by atomic mass is 79.9. The minimum absolute atomic E-state index is 0.156. The van der Waals surface area contributed by atoms with Crippen LogP contribution in [0.3, 0.4) is 0 Å². The van der Waals surface area contributed by atoms with E-state index in [-0.39, 0.29) is 5.95 Å². The number of nitrogens with two attached hydrogens (primary N) is 1. The number of halogens is 1. The van der Waals surface area contributed by atoms with Crippen molar-refractivity contribution in [2.75, 3.05) is 5.73 Å². The molecule has 15 heavy (non-hydrogen) atoms. The number of nitrogens with zero attached hydrogens (tertiary/aromatic N) is 5. The molecule has 1 aromatic carbocycles. The minimum atomic E-state index is 0.156. The molecule has 6 nitrogen and oxygen atoms in total. The first-order valence-corrected chi connectivity index (χ1v) is 4.89. The highest BCUT2D eigenvalue weighted by molar-refractivity contribution is 9.10. The molecule has 0 atom stereocenters. The normalized spacial score (nSPS) is 11.0. The van der Waals surface area contributed by atoms with E-state index in [0.29, 0.717) is 0 Å². The Labute approximate surface area is 93.9 Å². The Kier molecular flexibility index (Phi) is 2.72. The van der Waals surface area contributed by atoms with E-state index in [0.717, 1.165) is 14.8 Å². The van der Waals surface area contributed by atoms with Gasteiger partial charge in [-0.1, -0.05) is 38.0 Å². The van der Waals surface area contributed by atoms with E-state index in [1.165, 1.54) is 0 Å². The number of benzene rings is 1. The molecule has 0 fully saturated rings. The topological polar surface area (TPSA) is 82.0 Å². The van der Waals surface area contributed by atoms with E-state index in [1.54, 1.807) is 6.21 Å². The van der Waals surface area contributed by atoms with Crippen LogP contribution in [0.15, 0.2) is 33.8 Å². The molecule has 0 bridgehead atoms. The van der Waals surface area contributed by atoms with Gasteiger partial charge >= 0.3 is 0 Å². The van der Waals surface area contributed by atoms with Crippen molar-refractivity contribution in [3.63, 3.8) is 0 Å². The van der Waals surface area contributed by atoms with Crippen molar-refractivity contribution in [3.8, 4) is 0 Å². The van der Waals surface area contributed by atoms with E-state index in [9.17, 15) is 0 Å². The van der Waals surface area contributed by atoms with Gasteiger partial charge in [-0.15, -0.1) is 0 Å². The number of aromatic nitrogens is 4. The summed E-state index contributed by atoms with van der Waals surface area (Å²) in [5.74, 6) is 0.156. The van der Waals surface area contributed by atoms with Crippen LogP contribution in [0.25, 0.3) is 0 Å². The molecule has 0 aliphatic carbocycles. The lowest BCUT2D eigenvalue weighted by molar-refractivity contribution is 0.699. The number of anilines is 1. The van der Waals surface area contributed by atoms with Crippen molar-refractivity contribution >= 4 is 28.1 Å². The Hall–Kier alpha value is -1.76. The summed E-state index contributed by atoms with van der Waals surface area (Å²) in [6.07, 6.45) is 1.62. The van der Waals surface area contributed by atoms with Gasteiger partial charge in [0.15, 0.2) is 0 Å². The Balaban J connectivity index is 2.19. The zero-order chi connectivity index (χ0) is 10.7. The molecule has 0 aliphatic rings. The Morgan fingerprint density at radius 1 is 1.33 bits per heavy atom. The molecule has 1 heterocycles. The number of rotatable bonds is 2. The highest BCUT2D eigenvalue weighted by Gasteiger charge is 1.96. The lowest BCUT2D eigenvalue weighted by Gasteiger charge is -1.93. The molecule has 0 amide bonds. The number of nitrogen functional groups attached to an aromatic ring is 1. The molecular weight excluding hydrogens is 260 g/mol. The van der Waals surface area contributed by atoms with Crippen molar-refractivity contribution in [2.45, 2.75) is 0 Å². The summed E-state index contributed by atoms with van der Waals surface area (Å²) >= 11 is 3.34. The molecule has 0 saturated heterocycles. The molecule has 2 rings (SSSR count). The summed E-state index contributed by atoms with van der Waals surface area (Å²) in [5, 5.41) is 14.4. The first-order chi connectivity index (χ1) is 7.25. The predicted octanol–water partition coefficient (Wildman–Crippen LogP) is 0.900. The Bertz CT molecular complexity index is 474. The van der Waals surface area contributed by atoms with Crippen LogP contribution in [0.1, 0.15) is 5.56 Å². The summed E-state index contributed by atoms with van der Waals surface area (Å²) in [5.41, 5.74) is 6.37. The SMILES string of the molecule is Nc1nnnn1/N=C/c1ccc(Br)cc1. The van der Waals surface area contributed by atoms with Crippen LogP contribution in [0.4, 0.5) is 5.95 Å². The van der Waals surface area contributed by atoms with Gasteiger partial charge in [-0.25, -0.2) is 0 Å². The van der Waals surface area contributed by atoms with Gasteiger partial charge in [-0.05, 0) is 28.1 Å². The highest BCUT2D eigenvalue weighted by Crippen LogP contribution is 2.09. The van der Waals surface area contributed by atoms with E-state index < -0.39 is 0 Å². The van der Waals surface area contributed by atoms with Gasteiger partial charge in [0.05, 0.1) is 6.21 Å². The lowest BCUT2D eigenvalue weighted by atomic mass is 10.2. The zero-order valence-corrected chi connectivity index (χ0v) is 9.16. The zero-order valence-electron chi connectivity index (χ0n) is 7.58. The van der Waals surface area contributed by atoms with Crippen molar-refractivity contribution in [1.29, 1.82) is 0 Å². The van der Waals surface area contributed by atoms with Gasteiger partial charge in [-0.2, -0.15) is 5.10 Å². The molecule has 0 spiro atoms. The summed E-state index contributed by atoms with van der Waals surface area (Å²) in [7, 11) is 0. The molecule has 7 heteroatoms. The number of hydrogen-bond donors (Lipinski definition) is 1. The molecule has 2 N–H and O–H groups in total. The fourth-order valence-corrected chi connectivity index (χ4v) is 1.21. The monoisotopic (exact) mass is 266 g/mol. The Morgan fingerprint density at radius 3 is 2.67 bits per heavy atom. The van der Waals surface area contributed by atoms with Crippen LogP contribution in [-0.2, 0) is 0 Å². The molecular formula is C8H7BrN6. The van der Waals surface area contributed by atoms with E-state index in [2.05, 4.69) is 36.6 Å². The summed E-state index contributed by atoms with van der Waals surface area (Å²) in [6, 6.07) is 7.66. The molecule has 0 radical (unpaired) electrons. The quantitative estimate of drug-likeness (QED) is 0.819. The smallest absolute Gasteiger partial charge is 0.263 e. The lowest BCUT2D eigenvalue weighted by Crippen LogP contribution is -1.99. The molecule has 0 unspecified atom stereocenters. The van der Waals surface area contributed by atoms with Crippen LogP contribution in [0.5, 0.6) is 0 Å². The first kappa shape index (κ1) is 9.78. The third-order valence-electron chi connectivity index (χ3n) is 1.66. The molecule has 76 valence electrons. The average Bonchev–Trinajstić information content (AvgIpc) is 2.63. The predicted molar refractivity (Wildman–Crippen MR) is 59.4 cm³/mol. The minimum Gasteiger partial charge on any atom is -0.365 e. The fourth-order valence-electron chi connectivity index (χ4n) is 0.942. The molecule has 1 aromatic heterocycles. The second kappa shape index (κ2) is 4.18. The Morgan fingerprint density at radius 2 is 2.07 bits per heavy atom. The van der Waals surface area contributed by atoms with Crippen molar-refractivity contribution in [3.05, 3.63) is 34.3 Å². The first-order valence-electron chi connectivity index (χ1n) is 4.09. The fraction of sp³-hybridized carbons (Fsp3) is 0. The van der Waals surface area contributed by atoms with Crippen LogP contribution >= 0.6 is 15.9 Å². The molecule has 0 aliphatic heterocycles. The van der Waals surface area contributed by atoms with Crippen LogP contribution in [0.2, 0.25) is 0 Å². The largest absolute Gasteiger partial charge is 0.365 e. The van der Waals surface area contributed by atoms with Crippen molar-refractivity contribution in [2.24, 2.45) is 5.10 Å². The van der Waals surface area contributed by atoms with Gasteiger partial charge in [0.25, 0.3) is 5.95 Å². The van der Waals surface area contributed by atoms with E-state index >= 15 is 0 Å². The van der Waals surface area contributed by atoms with Crippen LogP contribution in [-0.4, -0.2) is 26.5 Å².